The molecule has 18 heavy (non-hydrogen) atoms. The fourth-order valence-electron chi connectivity index (χ4n) is 2.13. The summed E-state index contributed by atoms with van der Waals surface area (Å²) in [5.74, 6) is 0.706. The molecule has 2 rings (SSSR count). The summed E-state index contributed by atoms with van der Waals surface area (Å²) in [6.07, 6.45) is 0. The number of rotatable bonds is 4. The summed E-state index contributed by atoms with van der Waals surface area (Å²) in [6, 6.07) is 8.03. The molecule has 1 aromatic rings. The molecule has 1 heterocycles. The Bertz CT molecular complexity index is 432. The normalized spacial score (nSPS) is 18.8. The van der Waals surface area contributed by atoms with E-state index >= 15 is 0 Å². The second-order valence-electron chi connectivity index (χ2n) is 4.96. The first kappa shape index (κ1) is 13.6. The van der Waals surface area contributed by atoms with Gasteiger partial charge in [0.05, 0.1) is 6.04 Å². The van der Waals surface area contributed by atoms with Crippen LogP contribution in [0.15, 0.2) is 28.7 Å². The average molecular weight is 311 g/mol. The Morgan fingerprint density at radius 2 is 2.06 bits per heavy atom. The zero-order valence-electron chi connectivity index (χ0n) is 10.7. The first-order valence-electron chi connectivity index (χ1n) is 6.35. The van der Waals surface area contributed by atoms with Gasteiger partial charge in [0.1, 0.15) is 0 Å². The van der Waals surface area contributed by atoms with Gasteiger partial charge >= 0.3 is 0 Å². The van der Waals surface area contributed by atoms with Crippen LogP contribution >= 0.6 is 15.9 Å². The van der Waals surface area contributed by atoms with E-state index in [1.165, 1.54) is 0 Å². The summed E-state index contributed by atoms with van der Waals surface area (Å²) in [4.78, 5) is 12.1. The van der Waals surface area contributed by atoms with E-state index in [0.29, 0.717) is 5.92 Å². The third-order valence-electron chi connectivity index (χ3n) is 3.66. The number of amides is 1. The van der Waals surface area contributed by atoms with Crippen LogP contribution in [0.1, 0.15) is 25.5 Å². The smallest absolute Gasteiger partial charge is 0.223 e. The molecule has 1 unspecified atom stereocenters. The first-order chi connectivity index (χ1) is 8.59. The highest BCUT2D eigenvalue weighted by Crippen LogP contribution is 2.24. The van der Waals surface area contributed by atoms with Gasteiger partial charge in [0.2, 0.25) is 5.91 Å². The Labute approximate surface area is 116 Å². The van der Waals surface area contributed by atoms with Crippen LogP contribution in [0.2, 0.25) is 0 Å². The van der Waals surface area contributed by atoms with Gasteiger partial charge in [-0.3, -0.25) is 4.79 Å². The van der Waals surface area contributed by atoms with Gasteiger partial charge in [0.15, 0.2) is 0 Å². The van der Waals surface area contributed by atoms with E-state index < -0.39 is 0 Å². The van der Waals surface area contributed by atoms with E-state index in [4.69, 9.17) is 0 Å². The minimum Gasteiger partial charge on any atom is -0.349 e. The predicted octanol–water partition coefficient (Wildman–Crippen LogP) is 2.48. The van der Waals surface area contributed by atoms with Gasteiger partial charge in [-0.2, -0.15) is 0 Å². The summed E-state index contributed by atoms with van der Waals surface area (Å²) in [5, 5.41) is 6.29. The van der Waals surface area contributed by atoms with Crippen LogP contribution in [0, 0.1) is 11.8 Å². The van der Waals surface area contributed by atoms with Crippen LogP contribution in [0.5, 0.6) is 0 Å². The second kappa shape index (κ2) is 5.85. The number of nitrogens with one attached hydrogen (secondary N) is 2. The van der Waals surface area contributed by atoms with Crippen molar-refractivity contribution >= 4 is 21.8 Å². The molecule has 1 aliphatic heterocycles. The molecule has 98 valence electrons. The van der Waals surface area contributed by atoms with E-state index in [0.717, 1.165) is 23.1 Å². The monoisotopic (exact) mass is 310 g/mol. The molecule has 0 saturated carbocycles. The van der Waals surface area contributed by atoms with Gasteiger partial charge < -0.3 is 10.6 Å². The maximum Gasteiger partial charge on any atom is 0.223 e. The number of benzene rings is 1. The number of hydrogen-bond acceptors (Lipinski definition) is 2. The standard InChI is InChI=1S/C14H19BrN2O/c1-9(11-7-16-8-11)14(18)17-10(2)12-5-3-4-6-13(12)15/h3-6,9-11,16H,7-8H2,1-2H3,(H,17,18)/t9?,10-/m1/s1. The summed E-state index contributed by atoms with van der Waals surface area (Å²) < 4.78 is 1.04. The Balaban J connectivity index is 1.96. The van der Waals surface area contributed by atoms with E-state index in [1.807, 2.05) is 38.1 Å². The summed E-state index contributed by atoms with van der Waals surface area (Å²) in [7, 11) is 0. The van der Waals surface area contributed by atoms with Crippen molar-refractivity contribution in [1.82, 2.24) is 10.6 Å². The van der Waals surface area contributed by atoms with Crippen LogP contribution in [-0.2, 0) is 4.79 Å². The van der Waals surface area contributed by atoms with Gasteiger partial charge in [-0.15, -0.1) is 0 Å². The molecule has 1 fully saturated rings. The van der Waals surface area contributed by atoms with Crippen molar-refractivity contribution in [1.29, 1.82) is 0 Å². The van der Waals surface area contributed by atoms with Crippen LogP contribution < -0.4 is 10.6 Å². The van der Waals surface area contributed by atoms with Crippen molar-refractivity contribution in [3.8, 4) is 0 Å². The largest absolute Gasteiger partial charge is 0.349 e. The molecule has 1 saturated heterocycles. The molecule has 4 heteroatoms. The molecule has 0 aromatic heterocycles. The first-order valence-corrected chi connectivity index (χ1v) is 7.14. The summed E-state index contributed by atoms with van der Waals surface area (Å²) >= 11 is 3.52. The number of carbonyl (C=O) groups is 1. The molecule has 2 atom stereocenters. The molecule has 0 radical (unpaired) electrons. The third kappa shape index (κ3) is 2.93. The lowest BCUT2D eigenvalue weighted by atomic mass is 9.88. The van der Waals surface area contributed by atoms with Crippen molar-refractivity contribution in [2.75, 3.05) is 13.1 Å². The van der Waals surface area contributed by atoms with Crippen molar-refractivity contribution in [3.63, 3.8) is 0 Å². The van der Waals surface area contributed by atoms with Gasteiger partial charge in [-0.1, -0.05) is 41.1 Å². The third-order valence-corrected chi connectivity index (χ3v) is 4.39. The van der Waals surface area contributed by atoms with Gasteiger partial charge in [-0.25, -0.2) is 0 Å². The lowest BCUT2D eigenvalue weighted by molar-refractivity contribution is -0.127. The highest BCUT2D eigenvalue weighted by molar-refractivity contribution is 9.10. The average Bonchev–Trinajstić information content (AvgIpc) is 2.26. The lowest BCUT2D eigenvalue weighted by Gasteiger charge is -2.32. The van der Waals surface area contributed by atoms with Crippen LogP contribution in [-0.4, -0.2) is 19.0 Å². The lowest BCUT2D eigenvalue weighted by Crippen LogP contribution is -2.49. The van der Waals surface area contributed by atoms with Gasteiger partial charge in [0.25, 0.3) is 0 Å². The molecule has 1 amide bonds. The predicted molar refractivity (Wildman–Crippen MR) is 76.2 cm³/mol. The van der Waals surface area contributed by atoms with Gasteiger partial charge in [0, 0.05) is 10.4 Å². The molecule has 1 aromatic carbocycles. The van der Waals surface area contributed by atoms with E-state index in [9.17, 15) is 4.79 Å². The molecular formula is C14H19BrN2O. The fourth-order valence-corrected chi connectivity index (χ4v) is 2.76. The maximum atomic E-state index is 12.1. The molecule has 0 spiro atoms. The fraction of sp³-hybridized carbons (Fsp3) is 0.500. The number of hydrogen-bond donors (Lipinski definition) is 2. The Hall–Kier alpha value is -0.870. The molecule has 1 aliphatic rings. The minimum absolute atomic E-state index is 0.0311. The van der Waals surface area contributed by atoms with Gasteiger partial charge in [-0.05, 0) is 37.6 Å². The van der Waals surface area contributed by atoms with Crippen LogP contribution in [0.3, 0.4) is 0 Å². The quantitative estimate of drug-likeness (QED) is 0.897. The molecular weight excluding hydrogens is 292 g/mol. The molecule has 2 N–H and O–H groups in total. The molecule has 3 nitrogen and oxygen atoms in total. The van der Waals surface area contributed by atoms with E-state index in [1.54, 1.807) is 0 Å². The summed E-state index contributed by atoms with van der Waals surface area (Å²) in [5.41, 5.74) is 1.12. The second-order valence-corrected chi connectivity index (χ2v) is 5.81. The molecule has 0 aliphatic carbocycles. The van der Waals surface area contributed by atoms with E-state index in [-0.39, 0.29) is 17.9 Å². The Kier molecular flexibility index (Phi) is 4.40. The van der Waals surface area contributed by atoms with Crippen molar-refractivity contribution in [2.45, 2.75) is 19.9 Å². The Morgan fingerprint density at radius 1 is 1.39 bits per heavy atom. The topological polar surface area (TPSA) is 41.1 Å². The highest BCUT2D eigenvalue weighted by Gasteiger charge is 2.29. The van der Waals surface area contributed by atoms with Crippen molar-refractivity contribution in [3.05, 3.63) is 34.3 Å². The van der Waals surface area contributed by atoms with Crippen LogP contribution in [0.4, 0.5) is 0 Å². The zero-order chi connectivity index (χ0) is 13.1. The zero-order valence-corrected chi connectivity index (χ0v) is 12.3. The highest BCUT2D eigenvalue weighted by atomic mass is 79.9. The minimum atomic E-state index is 0.0311. The van der Waals surface area contributed by atoms with E-state index in [2.05, 4.69) is 26.6 Å². The maximum absolute atomic E-state index is 12.1. The number of carbonyl (C=O) groups excluding carboxylic acids is 1. The number of halogens is 1. The SMILES string of the molecule is CC(C(=O)N[C@H](C)c1ccccc1Br)C1CNC1. The summed E-state index contributed by atoms with van der Waals surface area (Å²) in [6.45, 7) is 5.94. The van der Waals surface area contributed by atoms with Crippen molar-refractivity contribution in [2.24, 2.45) is 11.8 Å². The van der Waals surface area contributed by atoms with Crippen LogP contribution in [0.25, 0.3) is 0 Å². The van der Waals surface area contributed by atoms with Crippen molar-refractivity contribution < 1.29 is 4.79 Å². The molecule has 0 bridgehead atoms. The Morgan fingerprint density at radius 3 is 2.61 bits per heavy atom.